The number of nitrogens with two attached hydrogens (primary N) is 1. The van der Waals surface area contributed by atoms with Crippen molar-refractivity contribution in [3.05, 3.63) is 24.3 Å². The predicted molar refractivity (Wildman–Crippen MR) is 88.5 cm³/mol. The van der Waals surface area contributed by atoms with Crippen LogP contribution in [-0.4, -0.2) is 34.1 Å². The second-order valence-corrected chi connectivity index (χ2v) is 7.89. The molecule has 0 bridgehead atoms. The number of hydrogen-bond acceptors (Lipinski definition) is 5. The quantitative estimate of drug-likeness (QED) is 0.825. The van der Waals surface area contributed by atoms with Crippen molar-refractivity contribution in [2.24, 2.45) is 17.0 Å². The third-order valence-corrected chi connectivity index (χ3v) is 4.85. The Morgan fingerprint density at radius 3 is 2.30 bits per heavy atom. The SMILES string of the molecule is CC(C)COC(=O)C1CCN(c2ccc(S(N)(=O)=O)cc2)CC1. The minimum atomic E-state index is -3.66. The van der Waals surface area contributed by atoms with Crippen LogP contribution in [0, 0.1) is 11.8 Å². The lowest BCUT2D eigenvalue weighted by Gasteiger charge is -2.32. The summed E-state index contributed by atoms with van der Waals surface area (Å²) in [5.74, 6) is 0.188. The van der Waals surface area contributed by atoms with E-state index in [9.17, 15) is 13.2 Å². The average Bonchev–Trinajstić information content (AvgIpc) is 2.52. The Kier molecular flexibility index (Phi) is 5.64. The molecule has 7 heteroatoms. The van der Waals surface area contributed by atoms with E-state index in [-0.39, 0.29) is 16.8 Å². The second-order valence-electron chi connectivity index (χ2n) is 6.32. The van der Waals surface area contributed by atoms with E-state index in [1.807, 2.05) is 13.8 Å². The number of carbonyl (C=O) groups is 1. The first-order chi connectivity index (χ1) is 10.8. The molecule has 0 spiro atoms. The van der Waals surface area contributed by atoms with E-state index >= 15 is 0 Å². The van der Waals surface area contributed by atoms with Crippen LogP contribution in [0.15, 0.2) is 29.2 Å². The first-order valence-electron chi connectivity index (χ1n) is 7.82. The molecule has 2 rings (SSSR count). The van der Waals surface area contributed by atoms with Crippen molar-refractivity contribution < 1.29 is 17.9 Å². The molecule has 0 atom stereocenters. The number of anilines is 1. The lowest BCUT2D eigenvalue weighted by molar-refractivity contribution is -0.150. The zero-order chi connectivity index (χ0) is 17.0. The molecule has 23 heavy (non-hydrogen) atoms. The second kappa shape index (κ2) is 7.31. The molecule has 6 nitrogen and oxygen atoms in total. The molecule has 0 aliphatic carbocycles. The minimum Gasteiger partial charge on any atom is -0.465 e. The van der Waals surface area contributed by atoms with Crippen molar-refractivity contribution in [3.8, 4) is 0 Å². The maximum Gasteiger partial charge on any atom is 0.309 e. The summed E-state index contributed by atoms with van der Waals surface area (Å²) in [7, 11) is -3.66. The monoisotopic (exact) mass is 340 g/mol. The van der Waals surface area contributed by atoms with Gasteiger partial charge in [-0.2, -0.15) is 0 Å². The Morgan fingerprint density at radius 1 is 1.26 bits per heavy atom. The summed E-state index contributed by atoms with van der Waals surface area (Å²) in [6.45, 7) is 5.99. The standard InChI is InChI=1S/C16H24N2O4S/c1-12(2)11-22-16(19)13-7-9-18(10-8-13)14-3-5-15(6-4-14)23(17,20)21/h3-6,12-13H,7-11H2,1-2H3,(H2,17,20,21). The molecule has 0 saturated carbocycles. The van der Waals surface area contributed by atoms with Gasteiger partial charge in [-0.1, -0.05) is 13.8 Å². The highest BCUT2D eigenvalue weighted by Gasteiger charge is 2.26. The number of carbonyl (C=O) groups excluding carboxylic acids is 1. The van der Waals surface area contributed by atoms with E-state index in [0.29, 0.717) is 12.5 Å². The number of rotatable bonds is 5. The zero-order valence-corrected chi connectivity index (χ0v) is 14.4. The maximum absolute atomic E-state index is 12.0. The van der Waals surface area contributed by atoms with Gasteiger partial charge in [0.1, 0.15) is 0 Å². The number of ether oxygens (including phenoxy) is 1. The molecule has 1 heterocycles. The summed E-state index contributed by atoms with van der Waals surface area (Å²) in [6, 6.07) is 6.51. The normalized spacial score (nSPS) is 16.6. The topological polar surface area (TPSA) is 89.7 Å². The molecular weight excluding hydrogens is 316 g/mol. The van der Waals surface area contributed by atoms with Gasteiger partial charge in [0.05, 0.1) is 17.4 Å². The molecule has 1 aliphatic heterocycles. The van der Waals surface area contributed by atoms with Crippen LogP contribution < -0.4 is 10.0 Å². The maximum atomic E-state index is 12.0. The first-order valence-corrected chi connectivity index (χ1v) is 9.36. The van der Waals surface area contributed by atoms with Gasteiger partial charge in [0.15, 0.2) is 0 Å². The zero-order valence-electron chi connectivity index (χ0n) is 13.6. The van der Waals surface area contributed by atoms with Crippen molar-refractivity contribution in [2.75, 3.05) is 24.6 Å². The molecular formula is C16H24N2O4S. The summed E-state index contributed by atoms with van der Waals surface area (Å²) in [5, 5.41) is 5.09. The number of hydrogen-bond donors (Lipinski definition) is 1. The van der Waals surface area contributed by atoms with E-state index in [2.05, 4.69) is 4.90 Å². The highest BCUT2D eigenvalue weighted by Crippen LogP contribution is 2.25. The lowest BCUT2D eigenvalue weighted by Crippen LogP contribution is -2.37. The average molecular weight is 340 g/mol. The summed E-state index contributed by atoms with van der Waals surface area (Å²) >= 11 is 0. The van der Waals surface area contributed by atoms with Gasteiger partial charge in [-0.15, -0.1) is 0 Å². The first kappa shape index (κ1) is 17.7. The summed E-state index contributed by atoms with van der Waals surface area (Å²) in [4.78, 5) is 14.2. The Bertz CT molecular complexity index is 633. The lowest BCUT2D eigenvalue weighted by atomic mass is 9.96. The van der Waals surface area contributed by atoms with Gasteiger partial charge in [-0.25, -0.2) is 13.6 Å². The number of benzene rings is 1. The highest BCUT2D eigenvalue weighted by molar-refractivity contribution is 7.89. The van der Waals surface area contributed by atoms with Crippen LogP contribution in [-0.2, 0) is 19.6 Å². The fourth-order valence-electron chi connectivity index (χ4n) is 2.59. The number of primary sulfonamides is 1. The molecule has 0 radical (unpaired) electrons. The van der Waals surface area contributed by atoms with Crippen LogP contribution in [0.25, 0.3) is 0 Å². The van der Waals surface area contributed by atoms with E-state index < -0.39 is 10.0 Å². The van der Waals surface area contributed by atoms with Crippen molar-refractivity contribution in [1.29, 1.82) is 0 Å². The van der Waals surface area contributed by atoms with E-state index in [1.165, 1.54) is 12.1 Å². The Labute approximate surface area is 137 Å². The molecule has 0 unspecified atom stereocenters. The molecule has 1 aromatic rings. The van der Waals surface area contributed by atoms with Gasteiger partial charge in [0.25, 0.3) is 0 Å². The smallest absolute Gasteiger partial charge is 0.309 e. The summed E-state index contributed by atoms with van der Waals surface area (Å²) in [5.41, 5.74) is 0.936. The molecule has 2 N–H and O–H groups in total. The molecule has 1 saturated heterocycles. The fraction of sp³-hybridized carbons (Fsp3) is 0.562. The number of piperidine rings is 1. The molecule has 1 aromatic carbocycles. The minimum absolute atomic E-state index is 0.0475. The summed E-state index contributed by atoms with van der Waals surface area (Å²) < 4.78 is 27.8. The van der Waals surface area contributed by atoms with Crippen LogP contribution in [0.4, 0.5) is 5.69 Å². The van der Waals surface area contributed by atoms with Crippen molar-refractivity contribution >= 4 is 21.7 Å². The highest BCUT2D eigenvalue weighted by atomic mass is 32.2. The van der Waals surface area contributed by atoms with Crippen LogP contribution in [0.5, 0.6) is 0 Å². The number of nitrogens with zero attached hydrogens (tertiary/aromatic N) is 1. The Morgan fingerprint density at radius 2 is 1.83 bits per heavy atom. The van der Waals surface area contributed by atoms with Crippen LogP contribution in [0.1, 0.15) is 26.7 Å². The van der Waals surface area contributed by atoms with Crippen molar-refractivity contribution in [3.63, 3.8) is 0 Å². The third-order valence-electron chi connectivity index (χ3n) is 3.92. The van der Waals surface area contributed by atoms with Gasteiger partial charge in [-0.3, -0.25) is 4.79 Å². The van der Waals surface area contributed by atoms with Gasteiger partial charge in [0, 0.05) is 18.8 Å². The predicted octanol–water partition coefficient (Wildman–Crippen LogP) is 1.75. The molecule has 1 aliphatic rings. The van der Waals surface area contributed by atoms with E-state index in [1.54, 1.807) is 12.1 Å². The van der Waals surface area contributed by atoms with Gasteiger partial charge in [-0.05, 0) is 43.0 Å². The number of sulfonamides is 1. The van der Waals surface area contributed by atoms with Crippen molar-refractivity contribution in [1.82, 2.24) is 0 Å². The van der Waals surface area contributed by atoms with Gasteiger partial charge < -0.3 is 9.64 Å². The van der Waals surface area contributed by atoms with Crippen LogP contribution >= 0.6 is 0 Å². The molecule has 0 amide bonds. The molecule has 0 aromatic heterocycles. The molecule has 128 valence electrons. The van der Waals surface area contributed by atoms with E-state index in [4.69, 9.17) is 9.88 Å². The van der Waals surface area contributed by atoms with Crippen LogP contribution in [0.3, 0.4) is 0 Å². The molecule has 1 fully saturated rings. The fourth-order valence-corrected chi connectivity index (χ4v) is 3.10. The van der Waals surface area contributed by atoms with Crippen LogP contribution in [0.2, 0.25) is 0 Å². The third kappa shape index (κ3) is 4.94. The largest absolute Gasteiger partial charge is 0.465 e. The van der Waals surface area contributed by atoms with Gasteiger partial charge >= 0.3 is 5.97 Å². The Balaban J connectivity index is 1.90. The summed E-state index contributed by atoms with van der Waals surface area (Å²) in [6.07, 6.45) is 1.49. The van der Waals surface area contributed by atoms with E-state index in [0.717, 1.165) is 31.6 Å². The van der Waals surface area contributed by atoms with Crippen molar-refractivity contribution in [2.45, 2.75) is 31.6 Å². The number of esters is 1. The van der Waals surface area contributed by atoms with Gasteiger partial charge in [0.2, 0.25) is 10.0 Å². The Hall–Kier alpha value is -1.60.